The number of Topliss-reactive ketones (excluding diaryl/α,β-unsaturated/α-hetero) is 1. The largest absolute Gasteiger partial charge is 0.481 e. The van der Waals surface area contributed by atoms with Crippen molar-refractivity contribution in [2.45, 2.75) is 114 Å². The number of fused-ring (bicyclic) bond motifs is 3. The molecule has 68 heavy (non-hydrogen) atoms. The van der Waals surface area contributed by atoms with Gasteiger partial charge in [-0.3, -0.25) is 28.8 Å². The van der Waals surface area contributed by atoms with E-state index in [1.807, 2.05) is 0 Å². The first-order chi connectivity index (χ1) is 32.2. The van der Waals surface area contributed by atoms with E-state index in [0.717, 1.165) is 13.8 Å². The van der Waals surface area contributed by atoms with E-state index >= 15 is 9.59 Å². The monoisotopic (exact) mass is 937 g/mol. The number of rotatable bonds is 14. The molecule has 4 aliphatic carbocycles. The van der Waals surface area contributed by atoms with Crippen molar-refractivity contribution < 1.29 is 82.1 Å². The summed E-state index contributed by atoms with van der Waals surface area (Å²) >= 11 is 0. The van der Waals surface area contributed by atoms with Crippen molar-refractivity contribution in [3.8, 4) is 0 Å². The Hall–Kier alpha value is -6.76. The van der Waals surface area contributed by atoms with Gasteiger partial charge in [-0.25, -0.2) is 9.59 Å². The van der Waals surface area contributed by atoms with Crippen LogP contribution in [0.1, 0.15) is 92.6 Å². The Morgan fingerprint density at radius 3 is 1.99 bits per heavy atom. The number of aliphatic hydroxyl groups is 2. The highest BCUT2D eigenvalue weighted by atomic mass is 16.6. The van der Waals surface area contributed by atoms with Crippen LogP contribution in [0.3, 0.4) is 0 Å². The third-order valence-electron chi connectivity index (χ3n) is 14.9. The summed E-state index contributed by atoms with van der Waals surface area (Å²) in [6, 6.07) is 22.2. The summed E-state index contributed by atoms with van der Waals surface area (Å²) in [4.78, 5) is 110. The minimum Gasteiger partial charge on any atom is -0.481 e. The maximum atomic E-state index is 15.5. The van der Waals surface area contributed by atoms with Gasteiger partial charge >= 0.3 is 35.8 Å². The molecule has 0 bridgehead atoms. The summed E-state index contributed by atoms with van der Waals surface area (Å²) in [5.74, 6) is -9.66. The number of carbonyl (C=O) groups is 8. The highest BCUT2D eigenvalue weighted by Gasteiger charge is 2.90. The smallest absolute Gasteiger partial charge is 0.350 e. The number of hydrogen-bond acceptors (Lipinski definition) is 16. The van der Waals surface area contributed by atoms with Crippen LogP contribution in [0.2, 0.25) is 0 Å². The third-order valence-corrected chi connectivity index (χ3v) is 14.9. The number of amides is 1. The van der Waals surface area contributed by atoms with Crippen molar-refractivity contribution in [1.29, 1.82) is 0 Å². The van der Waals surface area contributed by atoms with E-state index in [-0.39, 0.29) is 40.9 Å². The van der Waals surface area contributed by atoms with Crippen LogP contribution in [0.15, 0.2) is 102 Å². The lowest BCUT2D eigenvalue weighted by Gasteiger charge is -2.78. The number of carboxylic acids is 1. The highest BCUT2D eigenvalue weighted by Crippen LogP contribution is 2.78. The van der Waals surface area contributed by atoms with Gasteiger partial charge in [-0.2, -0.15) is 0 Å². The number of esters is 5. The van der Waals surface area contributed by atoms with Crippen LogP contribution in [0, 0.1) is 16.7 Å². The Bertz CT molecular complexity index is 2600. The lowest BCUT2D eigenvalue weighted by molar-refractivity contribution is -0.376. The second-order valence-corrected chi connectivity index (χ2v) is 18.5. The molecule has 1 heterocycles. The molecule has 8 rings (SSSR count). The van der Waals surface area contributed by atoms with Gasteiger partial charge in [0.15, 0.2) is 17.5 Å². The normalized spacial score (nSPS) is 32.7. The van der Waals surface area contributed by atoms with E-state index in [9.17, 15) is 44.1 Å². The standard InChI is InChI=1S/C50H51NO17/c1-26-36-38(64-27(2)52)41(58)46(4)32(54)23-33-48(25-63-33,67-28(3)53)40(46)42(66-44(60)31-19-13-8-14-20-31)49(62)24-50(26,47(36,49)5)68-45(61)39(65-35(57)22-21-34(55)56)37(29-15-9-6-10-16-29)51-43(59)30-17-11-7-12-18-30/h6-20,32-33,37-40,42,54,62H,21-25H2,1-5H3,(H,51,59)(H,55,56)/t32-,33?,37-,38+,39+,40?,42?,46+,47-,48-,49+,50+/m0/s1. The molecule has 1 saturated heterocycles. The molecular weight excluding hydrogens is 887 g/mol. The zero-order valence-electron chi connectivity index (χ0n) is 37.8. The molecule has 1 aliphatic heterocycles. The maximum absolute atomic E-state index is 15.5. The van der Waals surface area contributed by atoms with E-state index in [1.165, 1.54) is 45.0 Å². The van der Waals surface area contributed by atoms with Gasteiger partial charge < -0.3 is 49.1 Å². The van der Waals surface area contributed by atoms with E-state index in [2.05, 4.69) is 5.32 Å². The molecular formula is C50H51NO17. The summed E-state index contributed by atoms with van der Waals surface area (Å²) < 4.78 is 36.3. The van der Waals surface area contributed by atoms with Gasteiger partial charge in [0, 0.05) is 32.3 Å². The van der Waals surface area contributed by atoms with Gasteiger partial charge in [0.05, 0.1) is 47.9 Å². The molecule has 3 aromatic carbocycles. The number of ketones is 1. The molecule has 3 saturated carbocycles. The van der Waals surface area contributed by atoms with Crippen molar-refractivity contribution in [1.82, 2.24) is 5.32 Å². The average Bonchev–Trinajstić information content (AvgIpc) is 3.31. The molecule has 3 aromatic rings. The summed E-state index contributed by atoms with van der Waals surface area (Å²) in [5.41, 5.74) is -9.74. The van der Waals surface area contributed by atoms with Gasteiger partial charge in [-0.1, -0.05) is 66.7 Å². The number of hydrogen-bond donors (Lipinski definition) is 4. The molecule has 358 valence electrons. The number of carbonyl (C=O) groups excluding carboxylic acids is 7. The zero-order valence-corrected chi connectivity index (χ0v) is 37.8. The van der Waals surface area contributed by atoms with Gasteiger partial charge in [0.2, 0.25) is 6.10 Å². The lowest BCUT2D eigenvalue weighted by Crippen LogP contribution is -2.90. The molecule has 0 radical (unpaired) electrons. The fourth-order valence-electron chi connectivity index (χ4n) is 11.5. The summed E-state index contributed by atoms with van der Waals surface area (Å²) in [7, 11) is 0. The zero-order chi connectivity index (χ0) is 49.1. The minimum atomic E-state index is -2.41. The molecule has 1 amide bonds. The van der Waals surface area contributed by atoms with Crippen LogP contribution in [0.5, 0.6) is 0 Å². The average molecular weight is 938 g/mol. The Morgan fingerprint density at radius 2 is 1.43 bits per heavy atom. The van der Waals surface area contributed by atoms with Crippen molar-refractivity contribution in [3.63, 3.8) is 0 Å². The topological polar surface area (TPSA) is 265 Å². The van der Waals surface area contributed by atoms with E-state index in [0.29, 0.717) is 0 Å². The van der Waals surface area contributed by atoms with Gasteiger partial charge in [0.1, 0.15) is 29.5 Å². The molecule has 0 spiro atoms. The van der Waals surface area contributed by atoms with Crippen molar-refractivity contribution in [2.24, 2.45) is 16.7 Å². The second-order valence-electron chi connectivity index (χ2n) is 18.5. The van der Waals surface area contributed by atoms with Crippen LogP contribution in [-0.4, -0.2) is 117 Å². The summed E-state index contributed by atoms with van der Waals surface area (Å²) in [6.45, 7) is 6.10. The first-order valence-electron chi connectivity index (χ1n) is 22.1. The number of aliphatic hydroxyl groups excluding tert-OH is 1. The minimum absolute atomic E-state index is 0.0306. The van der Waals surface area contributed by atoms with Gasteiger partial charge in [-0.15, -0.1) is 0 Å². The van der Waals surface area contributed by atoms with E-state index < -0.39 is 137 Å². The molecule has 12 atom stereocenters. The lowest BCUT2D eigenvalue weighted by atomic mass is 9.30. The second kappa shape index (κ2) is 17.4. The third kappa shape index (κ3) is 7.27. The number of benzene rings is 3. The molecule has 4 N–H and O–H groups in total. The molecule has 5 aliphatic rings. The number of carboxylic acid groups (broad SMARTS) is 1. The maximum Gasteiger partial charge on any atom is 0.350 e. The Kier molecular flexibility index (Phi) is 12.2. The number of aliphatic carboxylic acids is 1. The quantitative estimate of drug-likeness (QED) is 0.102. The van der Waals surface area contributed by atoms with Crippen molar-refractivity contribution >= 4 is 47.5 Å². The number of ether oxygens (including phenoxy) is 6. The molecule has 18 nitrogen and oxygen atoms in total. The fraction of sp³-hybridized carbons (Fsp3) is 0.440. The Balaban J connectivity index is 1.29. The van der Waals surface area contributed by atoms with Gasteiger partial charge in [0.25, 0.3) is 5.91 Å². The van der Waals surface area contributed by atoms with E-state index in [4.69, 9.17) is 28.4 Å². The predicted molar refractivity (Wildman–Crippen MR) is 232 cm³/mol. The van der Waals surface area contributed by atoms with Crippen LogP contribution >= 0.6 is 0 Å². The fourth-order valence-corrected chi connectivity index (χ4v) is 11.5. The Morgan fingerprint density at radius 1 is 0.824 bits per heavy atom. The highest BCUT2D eigenvalue weighted by molar-refractivity contribution is 5.98. The molecule has 0 aromatic heterocycles. The molecule has 18 heteroatoms. The summed E-state index contributed by atoms with van der Waals surface area (Å²) in [5, 5.41) is 37.9. The van der Waals surface area contributed by atoms with Crippen LogP contribution in [-0.2, 0) is 57.2 Å². The van der Waals surface area contributed by atoms with Crippen molar-refractivity contribution in [3.05, 3.63) is 119 Å². The van der Waals surface area contributed by atoms with Crippen molar-refractivity contribution in [2.75, 3.05) is 6.61 Å². The SMILES string of the molecule is CC(=O)O[C@H]1C(=O)[C@@]2(C)C(C(OC(=O)c3ccccc3)[C@]3(O)C[C@@]4(OC(=O)[C@H](OC(=O)CCC(=O)O)[C@@H](NC(=O)c5ccccc5)c5ccccc5)C(C)=C1[C@@]34C)[C@]1(OC(C)=O)COC1C[C@@H]2O. The first-order valence-corrected chi connectivity index (χ1v) is 22.1. The van der Waals surface area contributed by atoms with Crippen LogP contribution < -0.4 is 5.32 Å². The summed E-state index contributed by atoms with van der Waals surface area (Å²) in [6.07, 6.45) is -10.6. The first kappa shape index (κ1) is 47.7. The Labute approximate surface area is 389 Å². The van der Waals surface area contributed by atoms with Crippen LogP contribution in [0.4, 0.5) is 0 Å². The van der Waals surface area contributed by atoms with Gasteiger partial charge in [-0.05, 0) is 61.7 Å². The predicted octanol–water partition coefficient (Wildman–Crippen LogP) is 3.52. The molecule has 3 unspecified atom stereocenters. The molecule has 4 fully saturated rings. The van der Waals surface area contributed by atoms with Crippen LogP contribution in [0.25, 0.3) is 0 Å². The number of nitrogens with one attached hydrogen (secondary N) is 1. The van der Waals surface area contributed by atoms with E-state index in [1.54, 1.807) is 66.7 Å².